The van der Waals surface area contributed by atoms with E-state index >= 15 is 0 Å². The fourth-order valence-corrected chi connectivity index (χ4v) is 1.87. The van der Waals surface area contributed by atoms with Crippen LogP contribution in [0.2, 0.25) is 0 Å². The predicted molar refractivity (Wildman–Crippen MR) is 80.9 cm³/mol. The Hall–Kier alpha value is -2.58. The van der Waals surface area contributed by atoms with Gasteiger partial charge in [0.25, 0.3) is 0 Å². The van der Waals surface area contributed by atoms with E-state index in [4.69, 9.17) is 4.74 Å². The summed E-state index contributed by atoms with van der Waals surface area (Å²) in [6.07, 6.45) is -4.25. The molecule has 0 aliphatic carbocycles. The first-order valence-electron chi connectivity index (χ1n) is 6.98. The maximum atomic E-state index is 13.9. The highest BCUT2D eigenvalue weighted by Gasteiger charge is 2.35. The molecule has 0 amide bonds. The third-order valence-corrected chi connectivity index (χ3v) is 2.84. The van der Waals surface area contributed by atoms with Crippen LogP contribution in [0.3, 0.4) is 0 Å². The molecule has 24 heavy (non-hydrogen) atoms. The molecule has 0 atom stereocenters. The van der Waals surface area contributed by atoms with E-state index in [-0.39, 0.29) is 23.5 Å². The van der Waals surface area contributed by atoms with Crippen LogP contribution in [0, 0.1) is 11.9 Å². The Morgan fingerprint density at radius 3 is 2.58 bits per heavy atom. The van der Waals surface area contributed by atoms with Gasteiger partial charge in [0.15, 0.2) is 11.6 Å². The Kier molecular flexibility index (Phi) is 5.10. The summed E-state index contributed by atoms with van der Waals surface area (Å²) in [5.41, 5.74) is -0.816. The highest BCUT2D eigenvalue weighted by Crippen LogP contribution is 2.35. The lowest BCUT2D eigenvalue weighted by Gasteiger charge is -2.16. The van der Waals surface area contributed by atoms with Crippen molar-refractivity contribution in [2.45, 2.75) is 26.1 Å². The molecule has 1 aromatic carbocycles. The van der Waals surface area contributed by atoms with Crippen molar-refractivity contribution in [1.82, 2.24) is 9.97 Å². The molecule has 0 aliphatic heterocycles. The van der Waals surface area contributed by atoms with E-state index in [1.54, 1.807) is 13.8 Å². The second kappa shape index (κ2) is 6.90. The molecule has 0 unspecified atom stereocenters. The van der Waals surface area contributed by atoms with E-state index in [0.29, 0.717) is 6.20 Å². The molecule has 1 aromatic heterocycles. The zero-order chi connectivity index (χ0) is 17.9. The Labute approximate surface area is 136 Å². The smallest absolute Gasteiger partial charge is 0.421 e. The number of anilines is 3. The first kappa shape index (κ1) is 17.8. The number of hydrogen-bond acceptors (Lipinski definition) is 5. The van der Waals surface area contributed by atoms with Crippen LogP contribution in [0.1, 0.15) is 19.4 Å². The number of nitrogens with zero attached hydrogens (tertiary/aromatic N) is 2. The fourth-order valence-electron chi connectivity index (χ4n) is 1.87. The SMILES string of the molecule is CNc1nc(Nc2cc[c]c(F)c2OC(C)C)ncc1C(F)(F)F. The maximum absolute atomic E-state index is 13.9. The summed E-state index contributed by atoms with van der Waals surface area (Å²) in [7, 11) is 1.31. The third-order valence-electron chi connectivity index (χ3n) is 2.84. The normalized spacial score (nSPS) is 11.5. The van der Waals surface area contributed by atoms with Gasteiger partial charge in [-0.25, -0.2) is 9.37 Å². The second-order valence-corrected chi connectivity index (χ2v) is 5.03. The van der Waals surface area contributed by atoms with E-state index in [1.165, 1.54) is 19.2 Å². The summed E-state index contributed by atoms with van der Waals surface area (Å²) >= 11 is 0. The van der Waals surface area contributed by atoms with E-state index in [2.05, 4.69) is 26.7 Å². The number of benzene rings is 1. The van der Waals surface area contributed by atoms with Crippen LogP contribution >= 0.6 is 0 Å². The summed E-state index contributed by atoms with van der Waals surface area (Å²) in [6.45, 7) is 3.42. The van der Waals surface area contributed by atoms with Gasteiger partial charge in [-0.1, -0.05) is 0 Å². The molecular weight excluding hydrogens is 328 g/mol. The predicted octanol–water partition coefficient (Wildman–Crippen LogP) is 4.01. The summed E-state index contributed by atoms with van der Waals surface area (Å²) in [5.74, 6) is -1.36. The topological polar surface area (TPSA) is 59.1 Å². The lowest BCUT2D eigenvalue weighted by molar-refractivity contribution is -0.137. The number of nitrogens with one attached hydrogen (secondary N) is 2. The highest BCUT2D eigenvalue weighted by molar-refractivity contribution is 5.64. The van der Waals surface area contributed by atoms with Crippen molar-refractivity contribution in [3.8, 4) is 5.75 Å². The summed E-state index contributed by atoms with van der Waals surface area (Å²) in [4.78, 5) is 7.39. The van der Waals surface area contributed by atoms with Gasteiger partial charge in [0.05, 0.1) is 11.8 Å². The van der Waals surface area contributed by atoms with E-state index in [9.17, 15) is 17.6 Å². The highest BCUT2D eigenvalue weighted by atomic mass is 19.4. The van der Waals surface area contributed by atoms with E-state index < -0.39 is 23.4 Å². The maximum Gasteiger partial charge on any atom is 0.421 e. The van der Waals surface area contributed by atoms with E-state index in [0.717, 1.165) is 0 Å². The van der Waals surface area contributed by atoms with Gasteiger partial charge in [0.2, 0.25) is 5.95 Å². The largest absolute Gasteiger partial charge is 0.486 e. The molecule has 129 valence electrons. The van der Waals surface area contributed by atoms with Crippen LogP contribution in [0.15, 0.2) is 18.3 Å². The molecular formula is C15H15F4N4O. The standard InChI is InChI=1S/C15H15F4N4O/c1-8(2)24-12-10(16)5-4-6-11(12)22-14-21-7-9(15(17,18)19)13(20-3)23-14/h4,6-8H,1-3H3,(H2,20,21,22,23). The van der Waals surface area contributed by atoms with Gasteiger partial charge in [0, 0.05) is 19.3 Å². The quantitative estimate of drug-likeness (QED) is 0.804. The Morgan fingerprint density at radius 1 is 1.29 bits per heavy atom. The van der Waals surface area contributed by atoms with Gasteiger partial charge in [-0.15, -0.1) is 0 Å². The van der Waals surface area contributed by atoms with Gasteiger partial charge < -0.3 is 15.4 Å². The average molecular weight is 343 g/mol. The molecule has 0 saturated heterocycles. The van der Waals surface area contributed by atoms with E-state index in [1.807, 2.05) is 0 Å². The average Bonchev–Trinajstić information content (AvgIpc) is 2.49. The van der Waals surface area contributed by atoms with Crippen LogP contribution in [-0.4, -0.2) is 23.1 Å². The Balaban J connectivity index is 2.37. The van der Waals surface area contributed by atoms with Crippen LogP contribution < -0.4 is 15.4 Å². The van der Waals surface area contributed by atoms with Gasteiger partial charge in [-0.05, 0) is 26.0 Å². The van der Waals surface area contributed by atoms with Crippen LogP contribution in [0.4, 0.5) is 35.0 Å². The van der Waals surface area contributed by atoms with Gasteiger partial charge in [-0.2, -0.15) is 18.2 Å². The molecule has 0 saturated carbocycles. The summed E-state index contributed by atoms with van der Waals surface area (Å²) in [5, 5.41) is 5.02. The number of ether oxygens (including phenoxy) is 1. The molecule has 2 aromatic rings. The molecule has 5 nitrogen and oxygen atoms in total. The molecule has 0 spiro atoms. The van der Waals surface area contributed by atoms with Crippen LogP contribution in [-0.2, 0) is 6.18 Å². The Morgan fingerprint density at radius 2 is 2.00 bits per heavy atom. The lowest BCUT2D eigenvalue weighted by atomic mass is 10.2. The lowest BCUT2D eigenvalue weighted by Crippen LogP contribution is -2.13. The minimum Gasteiger partial charge on any atom is -0.486 e. The number of aromatic nitrogens is 2. The van der Waals surface area contributed by atoms with Crippen LogP contribution in [0.25, 0.3) is 0 Å². The number of halogens is 4. The van der Waals surface area contributed by atoms with Crippen molar-refractivity contribution in [1.29, 1.82) is 0 Å². The number of hydrogen-bond donors (Lipinski definition) is 2. The number of rotatable bonds is 5. The monoisotopic (exact) mass is 343 g/mol. The van der Waals surface area contributed by atoms with Gasteiger partial charge in [0.1, 0.15) is 11.4 Å². The third kappa shape index (κ3) is 4.03. The molecule has 0 aliphatic rings. The molecule has 0 fully saturated rings. The summed E-state index contributed by atoms with van der Waals surface area (Å²) in [6, 6.07) is 5.12. The van der Waals surface area contributed by atoms with Crippen molar-refractivity contribution in [2.75, 3.05) is 17.7 Å². The zero-order valence-corrected chi connectivity index (χ0v) is 13.1. The molecule has 2 rings (SSSR count). The molecule has 2 N–H and O–H groups in total. The van der Waals surface area contributed by atoms with Gasteiger partial charge >= 0.3 is 6.18 Å². The first-order chi connectivity index (χ1) is 11.2. The molecule has 1 radical (unpaired) electrons. The molecule has 0 bridgehead atoms. The van der Waals surface area contributed by atoms with Crippen molar-refractivity contribution in [2.24, 2.45) is 0 Å². The van der Waals surface area contributed by atoms with Crippen molar-refractivity contribution >= 4 is 17.5 Å². The van der Waals surface area contributed by atoms with Crippen LogP contribution in [0.5, 0.6) is 5.75 Å². The summed E-state index contributed by atoms with van der Waals surface area (Å²) < 4.78 is 57.7. The zero-order valence-electron chi connectivity index (χ0n) is 13.1. The van der Waals surface area contributed by atoms with Crippen molar-refractivity contribution in [3.63, 3.8) is 0 Å². The fraction of sp³-hybridized carbons (Fsp3) is 0.333. The van der Waals surface area contributed by atoms with Crippen molar-refractivity contribution in [3.05, 3.63) is 35.8 Å². The Bertz CT molecular complexity index is 719. The number of alkyl halides is 3. The molecule has 1 heterocycles. The minimum absolute atomic E-state index is 0.109. The molecule has 9 heteroatoms. The second-order valence-electron chi connectivity index (χ2n) is 5.03. The minimum atomic E-state index is -4.59. The van der Waals surface area contributed by atoms with Gasteiger partial charge in [-0.3, -0.25) is 0 Å². The first-order valence-corrected chi connectivity index (χ1v) is 6.98. The van der Waals surface area contributed by atoms with Crippen molar-refractivity contribution < 1.29 is 22.3 Å².